The number of anilines is 1. The van der Waals surface area contributed by atoms with Gasteiger partial charge in [0.25, 0.3) is 5.91 Å². The molecule has 1 amide bonds. The second kappa shape index (κ2) is 7.11. The molecule has 9 heteroatoms. The lowest BCUT2D eigenvalue weighted by atomic mass is 10.2. The fourth-order valence-corrected chi connectivity index (χ4v) is 2.36. The second-order valence-corrected chi connectivity index (χ2v) is 6.28. The molecular weight excluding hydrogens is 336 g/mol. The van der Waals surface area contributed by atoms with E-state index < -0.39 is 28.5 Å². The molecule has 0 spiro atoms. The number of benzene rings is 2. The highest BCUT2D eigenvalue weighted by molar-refractivity contribution is 7.89. The average Bonchev–Trinajstić information content (AvgIpc) is 2.52. The number of nitrogens with one attached hydrogen (secondary N) is 1. The van der Waals surface area contributed by atoms with Gasteiger partial charge in [0.2, 0.25) is 10.0 Å². The van der Waals surface area contributed by atoms with Gasteiger partial charge in [0.05, 0.1) is 4.90 Å². The van der Waals surface area contributed by atoms with Crippen LogP contribution in [-0.2, 0) is 19.6 Å². The van der Waals surface area contributed by atoms with E-state index in [0.29, 0.717) is 0 Å². The molecule has 0 aromatic heterocycles. The van der Waals surface area contributed by atoms with Crippen molar-refractivity contribution < 1.29 is 27.9 Å². The lowest BCUT2D eigenvalue weighted by Crippen LogP contribution is -2.21. The molecule has 0 aliphatic carbocycles. The third kappa shape index (κ3) is 4.54. The molecule has 0 saturated heterocycles. The van der Waals surface area contributed by atoms with E-state index in [4.69, 9.17) is 9.88 Å². The Bertz CT molecular complexity index is 879. The molecule has 0 atom stereocenters. The van der Waals surface area contributed by atoms with E-state index in [1.165, 1.54) is 48.5 Å². The quantitative estimate of drug-likeness (QED) is 0.684. The van der Waals surface area contributed by atoms with Crippen molar-refractivity contribution in [3.05, 3.63) is 54.1 Å². The van der Waals surface area contributed by atoms with Gasteiger partial charge in [-0.05, 0) is 30.3 Å². The molecular formula is C15H14N2O6S. The molecule has 0 saturated carbocycles. The maximum absolute atomic E-state index is 11.8. The fraction of sp³-hybridized carbons (Fsp3) is 0.0667. The van der Waals surface area contributed by atoms with Crippen LogP contribution < -0.4 is 10.5 Å². The third-order valence-electron chi connectivity index (χ3n) is 2.90. The summed E-state index contributed by atoms with van der Waals surface area (Å²) in [5, 5.41) is 16.9. The number of phenolic OH excluding ortho intramolecular Hbond substituents is 1. The summed E-state index contributed by atoms with van der Waals surface area (Å²) in [6.45, 7) is -0.604. The topological polar surface area (TPSA) is 136 Å². The van der Waals surface area contributed by atoms with Crippen LogP contribution in [0.15, 0.2) is 53.4 Å². The first-order chi connectivity index (χ1) is 11.3. The van der Waals surface area contributed by atoms with Crippen LogP contribution in [0.2, 0.25) is 0 Å². The van der Waals surface area contributed by atoms with E-state index in [1.807, 2.05) is 0 Å². The van der Waals surface area contributed by atoms with E-state index in [0.717, 1.165) is 0 Å². The molecule has 4 N–H and O–H groups in total. The van der Waals surface area contributed by atoms with Crippen LogP contribution in [0.1, 0.15) is 10.4 Å². The number of ether oxygens (including phenoxy) is 1. The van der Waals surface area contributed by atoms with Crippen LogP contribution >= 0.6 is 0 Å². The Morgan fingerprint density at radius 1 is 1.12 bits per heavy atom. The van der Waals surface area contributed by atoms with Gasteiger partial charge >= 0.3 is 5.97 Å². The Morgan fingerprint density at radius 3 is 2.50 bits per heavy atom. The van der Waals surface area contributed by atoms with Gasteiger partial charge in [-0.15, -0.1) is 0 Å². The number of amides is 1. The molecule has 126 valence electrons. The maximum Gasteiger partial charge on any atom is 0.342 e. The van der Waals surface area contributed by atoms with Crippen LogP contribution in [0.5, 0.6) is 5.75 Å². The standard InChI is InChI=1S/C15H14N2O6S/c16-24(21,22)11-5-3-4-10(8-11)17-14(19)9-23-15(20)12-6-1-2-7-13(12)18/h1-8,18H,9H2,(H,17,19)(H2,16,21,22). The molecule has 0 fully saturated rings. The number of hydrogen-bond acceptors (Lipinski definition) is 6. The lowest BCUT2D eigenvalue weighted by Gasteiger charge is -2.08. The van der Waals surface area contributed by atoms with Crippen LogP contribution in [-0.4, -0.2) is 32.0 Å². The van der Waals surface area contributed by atoms with Crippen molar-refractivity contribution in [2.75, 3.05) is 11.9 Å². The van der Waals surface area contributed by atoms with Crippen molar-refractivity contribution in [3.63, 3.8) is 0 Å². The molecule has 24 heavy (non-hydrogen) atoms. The number of sulfonamides is 1. The second-order valence-electron chi connectivity index (χ2n) is 4.71. The molecule has 2 aromatic carbocycles. The van der Waals surface area contributed by atoms with E-state index in [2.05, 4.69) is 5.32 Å². The van der Waals surface area contributed by atoms with Gasteiger partial charge in [-0.1, -0.05) is 18.2 Å². The van der Waals surface area contributed by atoms with Crippen molar-refractivity contribution in [2.24, 2.45) is 5.14 Å². The molecule has 8 nitrogen and oxygen atoms in total. The monoisotopic (exact) mass is 350 g/mol. The highest BCUT2D eigenvalue weighted by Gasteiger charge is 2.14. The van der Waals surface area contributed by atoms with Crippen molar-refractivity contribution >= 4 is 27.6 Å². The van der Waals surface area contributed by atoms with Crippen LogP contribution in [0.3, 0.4) is 0 Å². The summed E-state index contributed by atoms with van der Waals surface area (Å²) in [5.41, 5.74) is 0.117. The Hall–Kier alpha value is -2.91. The number of carbonyl (C=O) groups excluding carboxylic acids is 2. The first-order valence-corrected chi connectivity index (χ1v) is 8.20. The molecule has 0 unspecified atom stereocenters. The van der Waals surface area contributed by atoms with Crippen molar-refractivity contribution in [1.29, 1.82) is 0 Å². The molecule has 0 radical (unpaired) electrons. The largest absolute Gasteiger partial charge is 0.507 e. The number of carbonyl (C=O) groups is 2. The lowest BCUT2D eigenvalue weighted by molar-refractivity contribution is -0.119. The summed E-state index contributed by atoms with van der Waals surface area (Å²) in [7, 11) is -3.89. The molecule has 2 aromatic rings. The number of esters is 1. The van der Waals surface area contributed by atoms with Gasteiger partial charge in [0, 0.05) is 5.69 Å². The molecule has 0 aliphatic heterocycles. The number of para-hydroxylation sites is 1. The Balaban J connectivity index is 1.97. The molecule has 0 bridgehead atoms. The zero-order valence-corrected chi connectivity index (χ0v) is 13.1. The van der Waals surface area contributed by atoms with Crippen LogP contribution in [0.25, 0.3) is 0 Å². The van der Waals surface area contributed by atoms with Crippen LogP contribution in [0, 0.1) is 0 Å². The zero-order valence-electron chi connectivity index (χ0n) is 12.3. The summed E-state index contributed by atoms with van der Waals surface area (Å²) in [5.74, 6) is -1.80. The highest BCUT2D eigenvalue weighted by Crippen LogP contribution is 2.17. The molecule has 0 aliphatic rings. The molecule has 0 heterocycles. The van der Waals surface area contributed by atoms with Gasteiger partial charge in [0.15, 0.2) is 6.61 Å². The summed E-state index contributed by atoms with van der Waals surface area (Å²) in [4.78, 5) is 23.4. The summed E-state index contributed by atoms with van der Waals surface area (Å²) in [6, 6.07) is 11.1. The van der Waals surface area contributed by atoms with Gasteiger partial charge < -0.3 is 15.2 Å². The van der Waals surface area contributed by atoms with Gasteiger partial charge in [-0.2, -0.15) is 0 Å². The smallest absolute Gasteiger partial charge is 0.342 e. The van der Waals surface area contributed by atoms with E-state index in [-0.39, 0.29) is 21.9 Å². The number of hydrogen-bond donors (Lipinski definition) is 3. The predicted molar refractivity (Wildman–Crippen MR) is 84.8 cm³/mol. The first-order valence-electron chi connectivity index (χ1n) is 6.65. The van der Waals surface area contributed by atoms with Crippen LogP contribution in [0.4, 0.5) is 5.69 Å². The minimum atomic E-state index is -3.89. The van der Waals surface area contributed by atoms with Gasteiger partial charge in [-0.3, -0.25) is 4.79 Å². The van der Waals surface area contributed by atoms with Crippen molar-refractivity contribution in [3.8, 4) is 5.75 Å². The van der Waals surface area contributed by atoms with Gasteiger partial charge in [-0.25, -0.2) is 18.4 Å². The predicted octanol–water partition coefficient (Wildman–Crippen LogP) is 0.835. The first kappa shape index (κ1) is 17.4. The fourth-order valence-electron chi connectivity index (χ4n) is 1.80. The molecule has 2 rings (SSSR count). The maximum atomic E-state index is 11.8. The Labute approximate surface area is 137 Å². The average molecular weight is 350 g/mol. The Kier molecular flexibility index (Phi) is 5.17. The summed E-state index contributed by atoms with van der Waals surface area (Å²) in [6.07, 6.45) is 0. The summed E-state index contributed by atoms with van der Waals surface area (Å²) < 4.78 is 27.3. The van der Waals surface area contributed by atoms with E-state index >= 15 is 0 Å². The van der Waals surface area contributed by atoms with Crippen molar-refractivity contribution in [1.82, 2.24) is 0 Å². The highest BCUT2D eigenvalue weighted by atomic mass is 32.2. The van der Waals surface area contributed by atoms with Gasteiger partial charge in [0.1, 0.15) is 11.3 Å². The number of nitrogens with two attached hydrogens (primary N) is 1. The minimum absolute atomic E-state index is 0.0680. The minimum Gasteiger partial charge on any atom is -0.507 e. The van der Waals surface area contributed by atoms with Crippen molar-refractivity contribution in [2.45, 2.75) is 4.90 Å². The van der Waals surface area contributed by atoms with E-state index in [9.17, 15) is 23.1 Å². The third-order valence-corrected chi connectivity index (χ3v) is 3.82. The number of aromatic hydroxyl groups is 1. The SMILES string of the molecule is NS(=O)(=O)c1cccc(NC(=O)COC(=O)c2ccccc2O)c1. The number of phenols is 1. The zero-order chi connectivity index (χ0) is 17.7. The number of rotatable bonds is 5. The summed E-state index contributed by atoms with van der Waals surface area (Å²) >= 11 is 0. The number of primary sulfonamides is 1. The Morgan fingerprint density at radius 2 is 1.83 bits per heavy atom. The van der Waals surface area contributed by atoms with E-state index in [1.54, 1.807) is 0 Å². The normalized spacial score (nSPS) is 10.9.